The summed E-state index contributed by atoms with van der Waals surface area (Å²) in [5.74, 6) is 1.00. The van der Waals surface area contributed by atoms with Crippen LogP contribution in [0.2, 0.25) is 0 Å². The molecule has 0 N–H and O–H groups in total. The summed E-state index contributed by atoms with van der Waals surface area (Å²) >= 11 is 0. The molecule has 2 rings (SSSR count). The van der Waals surface area contributed by atoms with Gasteiger partial charge in [-0.3, -0.25) is 4.79 Å². The van der Waals surface area contributed by atoms with E-state index in [-0.39, 0.29) is 5.91 Å². The Morgan fingerprint density at radius 3 is 2.80 bits per heavy atom. The molecular formula is C16H22N2O2. The number of ether oxygens (including phenoxy) is 1. The SMILES string of the molecule is CCCOc1cccc2c1ccn2CC(=O)N(C)CC. The van der Waals surface area contributed by atoms with Gasteiger partial charge in [0, 0.05) is 25.2 Å². The molecule has 0 atom stereocenters. The lowest BCUT2D eigenvalue weighted by atomic mass is 10.2. The molecule has 0 fully saturated rings. The van der Waals surface area contributed by atoms with Crippen LogP contribution >= 0.6 is 0 Å². The molecule has 0 radical (unpaired) electrons. The van der Waals surface area contributed by atoms with Gasteiger partial charge in [0.15, 0.2) is 0 Å². The van der Waals surface area contributed by atoms with Gasteiger partial charge < -0.3 is 14.2 Å². The highest BCUT2D eigenvalue weighted by molar-refractivity contribution is 5.88. The molecule has 4 heteroatoms. The van der Waals surface area contributed by atoms with E-state index >= 15 is 0 Å². The summed E-state index contributed by atoms with van der Waals surface area (Å²) in [6.45, 7) is 5.86. The third-order valence-corrected chi connectivity index (χ3v) is 3.44. The fourth-order valence-corrected chi connectivity index (χ4v) is 2.11. The van der Waals surface area contributed by atoms with E-state index in [4.69, 9.17) is 4.74 Å². The van der Waals surface area contributed by atoms with Crippen LogP contribution in [-0.4, -0.2) is 35.6 Å². The Bertz CT molecular complexity index is 589. The number of aromatic nitrogens is 1. The van der Waals surface area contributed by atoms with Crippen LogP contribution in [0, 0.1) is 0 Å². The van der Waals surface area contributed by atoms with Crippen molar-refractivity contribution in [2.24, 2.45) is 0 Å². The molecule has 0 spiro atoms. The average molecular weight is 274 g/mol. The topological polar surface area (TPSA) is 34.5 Å². The third-order valence-electron chi connectivity index (χ3n) is 3.44. The van der Waals surface area contributed by atoms with E-state index in [9.17, 15) is 4.79 Å². The van der Waals surface area contributed by atoms with Gasteiger partial charge in [0.05, 0.1) is 12.1 Å². The first-order chi connectivity index (χ1) is 9.67. The second-order valence-corrected chi connectivity index (χ2v) is 4.89. The van der Waals surface area contributed by atoms with Gasteiger partial charge in [0.2, 0.25) is 5.91 Å². The van der Waals surface area contributed by atoms with Gasteiger partial charge in [-0.25, -0.2) is 0 Å². The summed E-state index contributed by atoms with van der Waals surface area (Å²) in [5, 5.41) is 1.06. The van der Waals surface area contributed by atoms with Gasteiger partial charge in [0.1, 0.15) is 12.3 Å². The average Bonchev–Trinajstić information content (AvgIpc) is 2.88. The lowest BCUT2D eigenvalue weighted by Gasteiger charge is -2.15. The van der Waals surface area contributed by atoms with Gasteiger partial charge in [0.25, 0.3) is 0 Å². The van der Waals surface area contributed by atoms with Crippen LogP contribution in [0.15, 0.2) is 30.5 Å². The number of amides is 1. The zero-order valence-corrected chi connectivity index (χ0v) is 12.4. The van der Waals surface area contributed by atoms with E-state index in [0.29, 0.717) is 13.2 Å². The first kappa shape index (κ1) is 14.4. The van der Waals surface area contributed by atoms with Crippen molar-refractivity contribution in [1.29, 1.82) is 0 Å². The number of nitrogens with zero attached hydrogens (tertiary/aromatic N) is 2. The van der Waals surface area contributed by atoms with E-state index in [1.54, 1.807) is 4.90 Å². The molecule has 1 aromatic heterocycles. The van der Waals surface area contributed by atoms with Crippen molar-refractivity contribution >= 4 is 16.8 Å². The van der Waals surface area contributed by atoms with Crippen LogP contribution in [0.3, 0.4) is 0 Å². The van der Waals surface area contributed by atoms with E-state index < -0.39 is 0 Å². The predicted molar refractivity (Wildman–Crippen MR) is 81.0 cm³/mol. The van der Waals surface area contributed by atoms with Crippen LogP contribution in [0.1, 0.15) is 20.3 Å². The maximum absolute atomic E-state index is 12.0. The summed E-state index contributed by atoms with van der Waals surface area (Å²) in [6, 6.07) is 7.98. The number of benzene rings is 1. The normalized spacial score (nSPS) is 10.8. The maximum atomic E-state index is 12.0. The summed E-state index contributed by atoms with van der Waals surface area (Å²) in [4.78, 5) is 13.7. The van der Waals surface area contributed by atoms with Crippen molar-refractivity contribution in [2.45, 2.75) is 26.8 Å². The number of hydrogen-bond acceptors (Lipinski definition) is 2. The number of hydrogen-bond donors (Lipinski definition) is 0. The summed E-state index contributed by atoms with van der Waals surface area (Å²) < 4.78 is 7.72. The fourth-order valence-electron chi connectivity index (χ4n) is 2.11. The first-order valence-electron chi connectivity index (χ1n) is 7.12. The quantitative estimate of drug-likeness (QED) is 0.811. The second-order valence-electron chi connectivity index (χ2n) is 4.89. The van der Waals surface area contributed by atoms with Crippen molar-refractivity contribution in [1.82, 2.24) is 9.47 Å². The highest BCUT2D eigenvalue weighted by Gasteiger charge is 2.11. The number of carbonyl (C=O) groups is 1. The molecule has 0 saturated heterocycles. The Balaban J connectivity index is 2.26. The van der Waals surface area contributed by atoms with Crippen molar-refractivity contribution in [3.05, 3.63) is 30.5 Å². The smallest absolute Gasteiger partial charge is 0.242 e. The maximum Gasteiger partial charge on any atom is 0.242 e. The van der Waals surface area contributed by atoms with E-state index in [1.165, 1.54) is 0 Å². The lowest BCUT2D eigenvalue weighted by Crippen LogP contribution is -2.29. The molecule has 0 aliphatic heterocycles. The molecular weight excluding hydrogens is 252 g/mol. The Kier molecular flexibility index (Phi) is 4.66. The number of carbonyl (C=O) groups excluding carboxylic acids is 1. The summed E-state index contributed by atoms with van der Waals surface area (Å²) in [5.41, 5.74) is 1.04. The third kappa shape index (κ3) is 2.95. The van der Waals surface area contributed by atoms with Crippen molar-refractivity contribution in [3.8, 4) is 5.75 Å². The predicted octanol–water partition coefficient (Wildman–Crippen LogP) is 2.91. The molecule has 0 unspecified atom stereocenters. The molecule has 1 heterocycles. The number of likely N-dealkylation sites (N-methyl/N-ethyl adjacent to an activating group) is 1. The summed E-state index contributed by atoms with van der Waals surface area (Å²) in [6.07, 6.45) is 2.93. The van der Waals surface area contributed by atoms with Crippen molar-refractivity contribution in [2.75, 3.05) is 20.2 Å². The minimum absolute atomic E-state index is 0.116. The van der Waals surface area contributed by atoms with E-state index in [0.717, 1.165) is 29.6 Å². The minimum Gasteiger partial charge on any atom is -0.493 e. The molecule has 0 aliphatic rings. The minimum atomic E-state index is 0.116. The zero-order valence-electron chi connectivity index (χ0n) is 12.4. The zero-order chi connectivity index (χ0) is 14.5. The highest BCUT2D eigenvalue weighted by Crippen LogP contribution is 2.26. The Labute approximate surface area is 119 Å². The molecule has 0 bridgehead atoms. The molecule has 4 nitrogen and oxygen atoms in total. The first-order valence-corrected chi connectivity index (χ1v) is 7.12. The number of fused-ring (bicyclic) bond motifs is 1. The van der Waals surface area contributed by atoms with Gasteiger partial charge in [-0.05, 0) is 31.5 Å². The molecule has 0 saturated carbocycles. The second kappa shape index (κ2) is 6.46. The van der Waals surface area contributed by atoms with Crippen LogP contribution in [0.4, 0.5) is 0 Å². The van der Waals surface area contributed by atoms with Gasteiger partial charge in [-0.1, -0.05) is 13.0 Å². The Morgan fingerprint density at radius 1 is 1.30 bits per heavy atom. The van der Waals surface area contributed by atoms with E-state index in [2.05, 4.69) is 6.92 Å². The van der Waals surface area contributed by atoms with Gasteiger partial charge >= 0.3 is 0 Å². The highest BCUT2D eigenvalue weighted by atomic mass is 16.5. The lowest BCUT2D eigenvalue weighted by molar-refractivity contribution is -0.130. The van der Waals surface area contributed by atoms with Gasteiger partial charge in [-0.2, -0.15) is 0 Å². The van der Waals surface area contributed by atoms with Crippen LogP contribution < -0.4 is 4.74 Å². The molecule has 1 aromatic carbocycles. The monoisotopic (exact) mass is 274 g/mol. The van der Waals surface area contributed by atoms with Crippen molar-refractivity contribution < 1.29 is 9.53 Å². The van der Waals surface area contributed by atoms with Crippen molar-refractivity contribution in [3.63, 3.8) is 0 Å². The molecule has 20 heavy (non-hydrogen) atoms. The fraction of sp³-hybridized carbons (Fsp3) is 0.438. The Hall–Kier alpha value is -1.97. The van der Waals surface area contributed by atoms with E-state index in [1.807, 2.05) is 49.0 Å². The van der Waals surface area contributed by atoms with Crippen LogP contribution in [-0.2, 0) is 11.3 Å². The molecule has 0 aliphatic carbocycles. The number of rotatable bonds is 6. The van der Waals surface area contributed by atoms with Crippen LogP contribution in [0.5, 0.6) is 5.75 Å². The Morgan fingerprint density at radius 2 is 2.10 bits per heavy atom. The largest absolute Gasteiger partial charge is 0.493 e. The standard InChI is InChI=1S/C16H22N2O2/c1-4-11-20-15-8-6-7-14-13(15)9-10-18(14)12-16(19)17(3)5-2/h6-10H,4-5,11-12H2,1-3H3. The molecule has 1 amide bonds. The molecule has 2 aromatic rings. The molecule has 108 valence electrons. The van der Waals surface area contributed by atoms with Gasteiger partial charge in [-0.15, -0.1) is 0 Å². The summed E-state index contributed by atoms with van der Waals surface area (Å²) in [7, 11) is 1.82. The van der Waals surface area contributed by atoms with Crippen LogP contribution in [0.25, 0.3) is 10.9 Å².